The van der Waals surface area contributed by atoms with Crippen molar-refractivity contribution in [2.45, 2.75) is 39.2 Å². The van der Waals surface area contributed by atoms with Crippen molar-refractivity contribution in [2.24, 2.45) is 4.99 Å². The van der Waals surface area contributed by atoms with E-state index in [0.717, 1.165) is 6.42 Å². The summed E-state index contributed by atoms with van der Waals surface area (Å²) in [6, 6.07) is 0.633. The van der Waals surface area contributed by atoms with Gasteiger partial charge in [0, 0.05) is 18.5 Å². The summed E-state index contributed by atoms with van der Waals surface area (Å²) in [5.41, 5.74) is 1.39. The van der Waals surface area contributed by atoms with E-state index >= 15 is 0 Å². The van der Waals surface area contributed by atoms with Crippen LogP contribution in [0.1, 0.15) is 33.1 Å². The number of nitrogens with zero attached hydrogens (tertiary/aromatic N) is 2. The number of hydrogen-bond donors (Lipinski definition) is 0. The third-order valence-electron chi connectivity index (χ3n) is 2.61. The zero-order valence-electron chi connectivity index (χ0n) is 8.95. The molecule has 1 unspecified atom stereocenters. The average Bonchev–Trinajstić information content (AvgIpc) is 2.52. The molecule has 1 heterocycles. The lowest BCUT2D eigenvalue weighted by molar-refractivity contribution is 0.344. The van der Waals surface area contributed by atoms with Crippen LogP contribution in [-0.2, 0) is 0 Å². The molecule has 1 saturated heterocycles. The van der Waals surface area contributed by atoms with E-state index < -0.39 is 0 Å². The van der Waals surface area contributed by atoms with Gasteiger partial charge in [0.2, 0.25) is 0 Å². The van der Waals surface area contributed by atoms with Gasteiger partial charge in [-0.25, -0.2) is 0 Å². The van der Waals surface area contributed by atoms with E-state index in [4.69, 9.17) is 0 Å². The molecule has 0 aromatic carbocycles. The van der Waals surface area contributed by atoms with E-state index in [2.05, 4.69) is 30.8 Å². The normalized spacial score (nSPS) is 26.1. The van der Waals surface area contributed by atoms with E-state index in [1.165, 1.54) is 25.0 Å². The maximum atomic E-state index is 4.26. The van der Waals surface area contributed by atoms with Crippen molar-refractivity contribution in [3.63, 3.8) is 0 Å². The van der Waals surface area contributed by atoms with E-state index in [-0.39, 0.29) is 0 Å². The summed E-state index contributed by atoms with van der Waals surface area (Å²) < 4.78 is 0. The van der Waals surface area contributed by atoms with Gasteiger partial charge in [-0.1, -0.05) is 6.92 Å². The molecule has 1 atom stereocenters. The molecule has 1 fully saturated rings. The highest BCUT2D eigenvalue weighted by Crippen LogP contribution is 2.21. The van der Waals surface area contributed by atoms with Gasteiger partial charge in [-0.3, -0.25) is 9.89 Å². The Kier molecular flexibility index (Phi) is 4.16. The molecule has 1 aliphatic heterocycles. The van der Waals surface area contributed by atoms with Crippen LogP contribution in [0.5, 0.6) is 0 Å². The van der Waals surface area contributed by atoms with Crippen LogP contribution < -0.4 is 0 Å². The van der Waals surface area contributed by atoms with Gasteiger partial charge >= 0.3 is 0 Å². The highest BCUT2D eigenvalue weighted by atomic mass is 15.1. The van der Waals surface area contributed by atoms with Crippen molar-refractivity contribution in [3.05, 3.63) is 11.8 Å². The Labute approximate surface area is 81.3 Å². The smallest absolute Gasteiger partial charge is 0.0320 e. The molecular weight excluding hydrogens is 160 g/mol. The fraction of sp³-hybridized carbons (Fsp3) is 0.727. The summed E-state index contributed by atoms with van der Waals surface area (Å²) in [4.78, 5) is 6.67. The summed E-state index contributed by atoms with van der Waals surface area (Å²) in [6.07, 6.45) is 7.60. The molecule has 0 saturated carbocycles. The largest absolute Gasteiger partial charge is 0.300 e. The zero-order chi connectivity index (χ0) is 9.68. The van der Waals surface area contributed by atoms with Gasteiger partial charge in [-0.15, -0.1) is 0 Å². The van der Waals surface area contributed by atoms with Crippen LogP contribution >= 0.6 is 0 Å². The van der Waals surface area contributed by atoms with Crippen molar-refractivity contribution in [3.8, 4) is 0 Å². The van der Waals surface area contributed by atoms with Crippen molar-refractivity contribution in [2.75, 3.05) is 13.6 Å². The second-order valence-electron chi connectivity index (χ2n) is 3.75. The molecule has 0 spiro atoms. The molecule has 0 bridgehead atoms. The van der Waals surface area contributed by atoms with Gasteiger partial charge in [0.1, 0.15) is 0 Å². The van der Waals surface area contributed by atoms with Crippen LogP contribution in [0.25, 0.3) is 0 Å². The van der Waals surface area contributed by atoms with Crippen molar-refractivity contribution in [1.82, 2.24) is 4.90 Å². The molecule has 0 aromatic heterocycles. The molecule has 0 N–H and O–H groups in total. The quantitative estimate of drug-likeness (QED) is 0.609. The SMILES string of the molecule is CCC=N/C=C(\C)C1CCCN1C. The monoisotopic (exact) mass is 180 g/mol. The van der Waals surface area contributed by atoms with Crippen LogP contribution in [0.2, 0.25) is 0 Å². The lowest BCUT2D eigenvalue weighted by Gasteiger charge is -2.19. The van der Waals surface area contributed by atoms with E-state index in [1.54, 1.807) is 0 Å². The second kappa shape index (κ2) is 5.18. The minimum absolute atomic E-state index is 0.633. The van der Waals surface area contributed by atoms with Crippen molar-refractivity contribution < 1.29 is 0 Å². The van der Waals surface area contributed by atoms with Crippen LogP contribution in [0.4, 0.5) is 0 Å². The molecule has 2 heteroatoms. The lowest BCUT2D eigenvalue weighted by Crippen LogP contribution is -2.25. The fourth-order valence-electron chi connectivity index (χ4n) is 1.85. The minimum atomic E-state index is 0.633. The Morgan fingerprint density at radius 3 is 2.92 bits per heavy atom. The number of hydrogen-bond acceptors (Lipinski definition) is 2. The first kappa shape index (κ1) is 10.5. The molecule has 74 valence electrons. The Hall–Kier alpha value is -0.630. The maximum absolute atomic E-state index is 4.26. The standard InChI is InChI=1S/C11H20N2/c1-4-7-12-9-10(2)11-6-5-8-13(11)3/h7,9,11H,4-6,8H2,1-3H3/b10-9+,12-7?. The molecular formula is C11H20N2. The van der Waals surface area contributed by atoms with Gasteiger partial charge < -0.3 is 0 Å². The Morgan fingerprint density at radius 1 is 1.62 bits per heavy atom. The first-order valence-electron chi connectivity index (χ1n) is 5.14. The Balaban J connectivity index is 2.50. The fourth-order valence-corrected chi connectivity index (χ4v) is 1.85. The summed E-state index contributed by atoms with van der Waals surface area (Å²) in [5.74, 6) is 0. The molecule has 1 rings (SSSR count). The minimum Gasteiger partial charge on any atom is -0.300 e. The molecule has 0 aliphatic carbocycles. The van der Waals surface area contributed by atoms with Crippen LogP contribution in [-0.4, -0.2) is 30.7 Å². The topological polar surface area (TPSA) is 15.6 Å². The zero-order valence-corrected chi connectivity index (χ0v) is 8.95. The predicted octanol–water partition coefficient (Wildman–Crippen LogP) is 2.47. The number of likely N-dealkylation sites (tertiary alicyclic amines) is 1. The maximum Gasteiger partial charge on any atom is 0.0320 e. The molecule has 2 nitrogen and oxygen atoms in total. The number of likely N-dealkylation sites (N-methyl/N-ethyl adjacent to an activating group) is 1. The molecule has 0 radical (unpaired) electrons. The Bertz CT molecular complexity index is 206. The van der Waals surface area contributed by atoms with Crippen LogP contribution in [0.15, 0.2) is 16.8 Å². The number of aliphatic imine (C=N–C) groups is 1. The summed E-state index contributed by atoms with van der Waals surface area (Å²) in [5, 5.41) is 0. The second-order valence-corrected chi connectivity index (χ2v) is 3.75. The molecule has 0 amide bonds. The summed E-state index contributed by atoms with van der Waals surface area (Å²) in [7, 11) is 2.19. The van der Waals surface area contributed by atoms with E-state index in [9.17, 15) is 0 Å². The van der Waals surface area contributed by atoms with Crippen LogP contribution in [0, 0.1) is 0 Å². The number of rotatable bonds is 3. The van der Waals surface area contributed by atoms with E-state index in [0.29, 0.717) is 6.04 Å². The van der Waals surface area contributed by atoms with Crippen molar-refractivity contribution in [1.29, 1.82) is 0 Å². The third-order valence-corrected chi connectivity index (χ3v) is 2.61. The highest BCUT2D eigenvalue weighted by molar-refractivity contribution is 5.57. The molecule has 13 heavy (non-hydrogen) atoms. The predicted molar refractivity (Wildman–Crippen MR) is 58.2 cm³/mol. The average molecular weight is 180 g/mol. The van der Waals surface area contributed by atoms with Gasteiger partial charge in [-0.2, -0.15) is 0 Å². The van der Waals surface area contributed by atoms with E-state index in [1.807, 2.05) is 12.4 Å². The first-order chi connectivity index (χ1) is 6.25. The van der Waals surface area contributed by atoms with Gasteiger partial charge in [0.05, 0.1) is 0 Å². The lowest BCUT2D eigenvalue weighted by atomic mass is 10.1. The summed E-state index contributed by atoms with van der Waals surface area (Å²) in [6.45, 7) is 5.52. The third kappa shape index (κ3) is 2.96. The first-order valence-corrected chi connectivity index (χ1v) is 5.14. The summed E-state index contributed by atoms with van der Waals surface area (Å²) >= 11 is 0. The van der Waals surface area contributed by atoms with Crippen LogP contribution in [0.3, 0.4) is 0 Å². The Morgan fingerprint density at radius 2 is 2.38 bits per heavy atom. The van der Waals surface area contributed by atoms with Gasteiger partial charge in [0.15, 0.2) is 0 Å². The van der Waals surface area contributed by atoms with Crippen molar-refractivity contribution >= 4 is 6.21 Å². The molecule has 1 aliphatic rings. The van der Waals surface area contributed by atoms with Gasteiger partial charge in [0.25, 0.3) is 0 Å². The molecule has 0 aromatic rings. The van der Waals surface area contributed by atoms with Gasteiger partial charge in [-0.05, 0) is 45.4 Å². The highest BCUT2D eigenvalue weighted by Gasteiger charge is 2.21.